The molecule has 29 heavy (non-hydrogen) atoms. The lowest BCUT2D eigenvalue weighted by Gasteiger charge is -2.22. The summed E-state index contributed by atoms with van der Waals surface area (Å²) in [5.41, 5.74) is 4.86. The number of ether oxygens (including phenoxy) is 2. The molecule has 0 fully saturated rings. The molecule has 1 aromatic heterocycles. The number of amides is 1. The van der Waals surface area contributed by atoms with Crippen molar-refractivity contribution in [2.75, 3.05) is 20.3 Å². The molecule has 150 valence electrons. The van der Waals surface area contributed by atoms with E-state index in [-0.39, 0.29) is 12.0 Å². The minimum Gasteiger partial charge on any atom is -0.496 e. The van der Waals surface area contributed by atoms with E-state index in [1.54, 1.807) is 19.2 Å². The smallest absolute Gasteiger partial charge is 0.251 e. The first-order valence-electron chi connectivity index (χ1n) is 9.78. The Labute approximate surface area is 170 Å². The second-order valence-corrected chi connectivity index (χ2v) is 7.23. The number of hydrogen-bond acceptors (Lipinski definition) is 4. The van der Waals surface area contributed by atoms with Gasteiger partial charge in [0.1, 0.15) is 11.9 Å². The van der Waals surface area contributed by atoms with Gasteiger partial charge in [-0.25, -0.2) is 0 Å². The van der Waals surface area contributed by atoms with Gasteiger partial charge in [0.2, 0.25) is 0 Å². The van der Waals surface area contributed by atoms with Gasteiger partial charge in [-0.05, 0) is 42.2 Å². The summed E-state index contributed by atoms with van der Waals surface area (Å²) in [5, 5.41) is 7.71. The summed E-state index contributed by atoms with van der Waals surface area (Å²) in [4.78, 5) is 12.6. The fourth-order valence-electron chi connectivity index (χ4n) is 3.59. The Kier molecular flexibility index (Phi) is 5.62. The quantitative estimate of drug-likeness (QED) is 0.700. The topological polar surface area (TPSA) is 65.4 Å². The number of carbonyl (C=O) groups excluding carboxylic acids is 1. The predicted octanol–water partition coefficient (Wildman–Crippen LogP) is 3.29. The SMILES string of the molecule is COc1cc(C(=O)NC[C@@H]2OCCc3cn(Cc4ccccc4)nc32)ccc1C. The molecular formula is C23H25N3O3. The number of hydrogen-bond donors (Lipinski definition) is 1. The van der Waals surface area contributed by atoms with E-state index in [1.807, 2.05) is 35.9 Å². The van der Waals surface area contributed by atoms with Crippen LogP contribution in [0, 0.1) is 6.92 Å². The average molecular weight is 391 g/mol. The fourth-order valence-corrected chi connectivity index (χ4v) is 3.59. The van der Waals surface area contributed by atoms with E-state index in [1.165, 1.54) is 11.1 Å². The molecule has 0 saturated heterocycles. The van der Waals surface area contributed by atoms with Crippen molar-refractivity contribution in [3.8, 4) is 5.75 Å². The van der Waals surface area contributed by atoms with E-state index in [2.05, 4.69) is 23.6 Å². The summed E-state index contributed by atoms with van der Waals surface area (Å²) in [6, 6.07) is 15.7. The standard InChI is InChI=1S/C23H25N3O3/c1-16-8-9-18(12-20(16)28-2)23(27)24-13-21-22-19(10-11-29-21)15-26(25-22)14-17-6-4-3-5-7-17/h3-9,12,15,21H,10-11,13-14H2,1-2H3,(H,24,27)/t21-/m0/s1. The van der Waals surface area contributed by atoms with Crippen LogP contribution in [0.25, 0.3) is 0 Å². The van der Waals surface area contributed by atoms with Gasteiger partial charge in [-0.2, -0.15) is 5.10 Å². The van der Waals surface area contributed by atoms with Crippen LogP contribution < -0.4 is 10.1 Å². The van der Waals surface area contributed by atoms with Crippen molar-refractivity contribution in [1.29, 1.82) is 0 Å². The summed E-state index contributed by atoms with van der Waals surface area (Å²) >= 11 is 0. The Morgan fingerprint density at radius 1 is 1.28 bits per heavy atom. The zero-order valence-electron chi connectivity index (χ0n) is 16.7. The van der Waals surface area contributed by atoms with Crippen molar-refractivity contribution in [3.05, 3.63) is 82.7 Å². The van der Waals surface area contributed by atoms with Crippen molar-refractivity contribution in [2.24, 2.45) is 0 Å². The number of aromatic nitrogens is 2. The molecule has 1 N–H and O–H groups in total. The Balaban J connectivity index is 1.44. The Morgan fingerprint density at radius 3 is 2.90 bits per heavy atom. The average Bonchev–Trinajstić information content (AvgIpc) is 3.16. The first-order chi connectivity index (χ1) is 14.1. The molecule has 0 unspecified atom stereocenters. The van der Waals surface area contributed by atoms with Crippen LogP contribution in [0.2, 0.25) is 0 Å². The number of fused-ring (bicyclic) bond motifs is 1. The second kappa shape index (κ2) is 8.49. The molecule has 0 spiro atoms. The Bertz CT molecular complexity index is 998. The maximum absolute atomic E-state index is 12.6. The van der Waals surface area contributed by atoms with Crippen LogP contribution in [0.3, 0.4) is 0 Å². The van der Waals surface area contributed by atoms with Crippen molar-refractivity contribution in [1.82, 2.24) is 15.1 Å². The van der Waals surface area contributed by atoms with E-state index in [4.69, 9.17) is 14.6 Å². The third-order valence-corrected chi connectivity index (χ3v) is 5.17. The van der Waals surface area contributed by atoms with Crippen LogP contribution in [0.1, 0.15) is 38.8 Å². The largest absolute Gasteiger partial charge is 0.496 e. The van der Waals surface area contributed by atoms with Gasteiger partial charge < -0.3 is 14.8 Å². The van der Waals surface area contributed by atoms with E-state index in [0.29, 0.717) is 24.5 Å². The number of benzene rings is 2. The van der Waals surface area contributed by atoms with E-state index < -0.39 is 0 Å². The summed E-state index contributed by atoms with van der Waals surface area (Å²) in [7, 11) is 1.60. The van der Waals surface area contributed by atoms with Gasteiger partial charge >= 0.3 is 0 Å². The van der Waals surface area contributed by atoms with Crippen LogP contribution in [-0.4, -0.2) is 35.9 Å². The molecule has 0 aliphatic carbocycles. The van der Waals surface area contributed by atoms with Crippen LogP contribution in [-0.2, 0) is 17.7 Å². The highest BCUT2D eigenvalue weighted by atomic mass is 16.5. The maximum atomic E-state index is 12.6. The number of carbonyl (C=O) groups is 1. The molecule has 1 aliphatic rings. The van der Waals surface area contributed by atoms with E-state index >= 15 is 0 Å². The lowest BCUT2D eigenvalue weighted by atomic mass is 10.1. The van der Waals surface area contributed by atoms with Crippen molar-refractivity contribution in [3.63, 3.8) is 0 Å². The van der Waals surface area contributed by atoms with Gasteiger partial charge in [-0.3, -0.25) is 9.48 Å². The highest BCUT2D eigenvalue weighted by Gasteiger charge is 2.25. The predicted molar refractivity (Wildman–Crippen MR) is 110 cm³/mol. The molecule has 1 amide bonds. The van der Waals surface area contributed by atoms with E-state index in [9.17, 15) is 4.79 Å². The second-order valence-electron chi connectivity index (χ2n) is 7.23. The lowest BCUT2D eigenvalue weighted by molar-refractivity contribution is 0.0383. The maximum Gasteiger partial charge on any atom is 0.251 e. The normalized spacial score (nSPS) is 15.6. The summed E-state index contributed by atoms with van der Waals surface area (Å²) < 4.78 is 13.2. The molecule has 0 radical (unpaired) electrons. The molecular weight excluding hydrogens is 366 g/mol. The molecule has 1 aliphatic heterocycles. The Hall–Kier alpha value is -3.12. The molecule has 2 heterocycles. The molecule has 0 bridgehead atoms. The summed E-state index contributed by atoms with van der Waals surface area (Å²) in [6.07, 6.45) is 2.68. The summed E-state index contributed by atoms with van der Waals surface area (Å²) in [5.74, 6) is 0.552. The molecule has 4 rings (SSSR count). The minimum atomic E-state index is -0.243. The lowest BCUT2D eigenvalue weighted by Crippen LogP contribution is -2.32. The van der Waals surface area contributed by atoms with Crippen LogP contribution in [0.4, 0.5) is 0 Å². The highest BCUT2D eigenvalue weighted by molar-refractivity contribution is 5.94. The number of aryl methyl sites for hydroxylation is 1. The third-order valence-electron chi connectivity index (χ3n) is 5.17. The van der Waals surface area contributed by atoms with Crippen molar-refractivity contribution in [2.45, 2.75) is 26.0 Å². The van der Waals surface area contributed by atoms with Gasteiger partial charge in [-0.1, -0.05) is 36.4 Å². The van der Waals surface area contributed by atoms with Gasteiger partial charge in [0.05, 0.1) is 26.0 Å². The molecule has 6 heteroatoms. The van der Waals surface area contributed by atoms with Crippen molar-refractivity contribution < 1.29 is 14.3 Å². The zero-order valence-corrected chi connectivity index (χ0v) is 16.7. The molecule has 2 aromatic carbocycles. The van der Waals surface area contributed by atoms with Crippen LogP contribution in [0.15, 0.2) is 54.7 Å². The van der Waals surface area contributed by atoms with Gasteiger partial charge in [-0.15, -0.1) is 0 Å². The fraction of sp³-hybridized carbons (Fsp3) is 0.304. The highest BCUT2D eigenvalue weighted by Crippen LogP contribution is 2.26. The number of nitrogens with one attached hydrogen (secondary N) is 1. The van der Waals surface area contributed by atoms with Gasteiger partial charge in [0.15, 0.2) is 0 Å². The monoisotopic (exact) mass is 391 g/mol. The third kappa shape index (κ3) is 4.32. The molecule has 6 nitrogen and oxygen atoms in total. The number of rotatable bonds is 6. The van der Waals surface area contributed by atoms with Crippen LogP contribution >= 0.6 is 0 Å². The molecule has 3 aromatic rings. The van der Waals surface area contributed by atoms with Gasteiger partial charge in [0, 0.05) is 18.3 Å². The number of nitrogens with zero attached hydrogens (tertiary/aromatic N) is 2. The van der Waals surface area contributed by atoms with Crippen LogP contribution in [0.5, 0.6) is 5.75 Å². The Morgan fingerprint density at radius 2 is 2.10 bits per heavy atom. The minimum absolute atomic E-state index is 0.150. The van der Waals surface area contributed by atoms with Gasteiger partial charge in [0.25, 0.3) is 5.91 Å². The van der Waals surface area contributed by atoms with E-state index in [0.717, 1.165) is 24.2 Å². The first kappa shape index (κ1) is 19.2. The molecule has 0 saturated carbocycles. The zero-order chi connectivity index (χ0) is 20.2. The summed E-state index contributed by atoms with van der Waals surface area (Å²) in [6.45, 7) is 3.67. The first-order valence-corrected chi connectivity index (χ1v) is 9.78. The molecule has 1 atom stereocenters. The van der Waals surface area contributed by atoms with Crippen molar-refractivity contribution >= 4 is 5.91 Å². The number of methoxy groups -OCH3 is 1.